The van der Waals surface area contributed by atoms with Crippen molar-refractivity contribution in [3.63, 3.8) is 0 Å². The molecule has 0 radical (unpaired) electrons. The third-order valence-electron chi connectivity index (χ3n) is 6.75. The summed E-state index contributed by atoms with van der Waals surface area (Å²) in [5.41, 5.74) is 3.66. The van der Waals surface area contributed by atoms with Crippen LogP contribution in [0.5, 0.6) is 0 Å². The third kappa shape index (κ3) is 5.49. The van der Waals surface area contributed by atoms with Crippen molar-refractivity contribution in [1.82, 2.24) is 14.0 Å². The van der Waals surface area contributed by atoms with Crippen LogP contribution in [-0.4, -0.2) is 63.5 Å². The number of aromatic carboxylic acids is 1. The molecule has 0 saturated carbocycles. The maximum absolute atomic E-state index is 13.7. The summed E-state index contributed by atoms with van der Waals surface area (Å²) >= 11 is 6.31. The van der Waals surface area contributed by atoms with Gasteiger partial charge in [-0.25, -0.2) is 14.4 Å². The zero-order valence-corrected chi connectivity index (χ0v) is 22.5. The van der Waals surface area contributed by atoms with Crippen molar-refractivity contribution in [3.8, 4) is 5.69 Å². The zero-order chi connectivity index (χ0) is 27.7. The fourth-order valence-electron chi connectivity index (χ4n) is 4.85. The molecule has 3 aromatic carbocycles. The molecule has 0 unspecified atom stereocenters. The lowest BCUT2D eigenvalue weighted by atomic mass is 10.1. The van der Waals surface area contributed by atoms with Crippen LogP contribution >= 0.6 is 11.6 Å². The Morgan fingerprint density at radius 2 is 1.62 bits per heavy atom. The van der Waals surface area contributed by atoms with E-state index < -0.39 is 5.97 Å². The molecule has 0 aliphatic carbocycles. The number of carboxylic acids is 1. The Morgan fingerprint density at radius 1 is 0.923 bits per heavy atom. The first kappa shape index (κ1) is 26.4. The molecule has 0 spiro atoms. The molecule has 0 atom stereocenters. The molecular weight excluding hydrogens is 520 g/mol. The number of hydrogen-bond acceptors (Lipinski definition) is 5. The Bertz CT molecular complexity index is 1580. The number of carboxylic acid groups (broad SMARTS) is 1. The molecule has 4 aromatic rings. The van der Waals surface area contributed by atoms with E-state index in [2.05, 4.69) is 4.90 Å². The lowest BCUT2D eigenvalue weighted by Gasteiger charge is -2.35. The van der Waals surface area contributed by atoms with Gasteiger partial charge in [0.1, 0.15) is 0 Å². The number of halogens is 1. The Kier molecular flexibility index (Phi) is 7.34. The molecule has 1 aliphatic heterocycles. The molecule has 1 aromatic heterocycles. The second-order valence-corrected chi connectivity index (χ2v) is 10.2. The Labute approximate surface area is 230 Å². The molecule has 1 N–H and O–H groups in total. The number of rotatable bonds is 6. The maximum Gasteiger partial charge on any atom is 0.410 e. The molecule has 10 heteroatoms. The average Bonchev–Trinajstić information content (AvgIpc) is 3.18. The van der Waals surface area contributed by atoms with Crippen LogP contribution in [0, 0.1) is 0 Å². The summed E-state index contributed by atoms with van der Waals surface area (Å²) in [7, 11) is 0. The van der Waals surface area contributed by atoms with Crippen molar-refractivity contribution in [2.75, 3.05) is 31.1 Å². The minimum absolute atomic E-state index is 0.151. The fourth-order valence-corrected chi connectivity index (χ4v) is 5.02. The topological polar surface area (TPSA) is 97.0 Å². The number of amides is 1. The Balaban J connectivity index is 1.42. The van der Waals surface area contributed by atoms with Gasteiger partial charge < -0.3 is 19.6 Å². The van der Waals surface area contributed by atoms with E-state index in [0.29, 0.717) is 53.5 Å². The highest BCUT2D eigenvalue weighted by Gasteiger charge is 2.23. The van der Waals surface area contributed by atoms with Crippen molar-refractivity contribution in [1.29, 1.82) is 0 Å². The van der Waals surface area contributed by atoms with Crippen LogP contribution in [-0.2, 0) is 11.3 Å². The van der Waals surface area contributed by atoms with Gasteiger partial charge in [-0.05, 0) is 74.0 Å². The third-order valence-corrected chi connectivity index (χ3v) is 6.99. The van der Waals surface area contributed by atoms with Gasteiger partial charge in [0.2, 0.25) is 0 Å². The molecule has 9 nitrogen and oxygen atoms in total. The zero-order valence-electron chi connectivity index (χ0n) is 21.7. The normalized spacial score (nSPS) is 13.7. The van der Waals surface area contributed by atoms with Gasteiger partial charge in [-0.3, -0.25) is 9.13 Å². The standard InChI is InChI=1S/C29H29ClN4O5/c1-19(2)39-29(38)32-14-12-31(13-15-32)23-7-9-24(10-8-23)34-26-17-22(30)6-11-25(26)33(28(34)37)18-20-4-3-5-21(16-20)27(35)36/h3-11,16-17,19H,12-15,18H2,1-2H3,(H,35,36). The van der Waals surface area contributed by atoms with Gasteiger partial charge in [0.05, 0.1) is 34.9 Å². The fraction of sp³-hybridized carbons (Fsp3) is 0.276. The average molecular weight is 549 g/mol. The van der Waals surface area contributed by atoms with Crippen molar-refractivity contribution in [2.24, 2.45) is 0 Å². The highest BCUT2D eigenvalue weighted by atomic mass is 35.5. The quantitative estimate of drug-likeness (QED) is 0.370. The molecule has 1 fully saturated rings. The number of nitrogens with zero attached hydrogens (tertiary/aromatic N) is 4. The van der Waals surface area contributed by atoms with Gasteiger partial charge in [0, 0.05) is 36.9 Å². The summed E-state index contributed by atoms with van der Waals surface area (Å²) < 4.78 is 8.54. The highest BCUT2D eigenvalue weighted by molar-refractivity contribution is 6.31. The summed E-state index contributed by atoms with van der Waals surface area (Å²) in [6.45, 7) is 6.39. The van der Waals surface area contributed by atoms with Gasteiger partial charge in [-0.15, -0.1) is 0 Å². The van der Waals surface area contributed by atoms with Crippen LogP contribution in [0.1, 0.15) is 29.8 Å². The minimum atomic E-state index is -1.02. The largest absolute Gasteiger partial charge is 0.478 e. The summed E-state index contributed by atoms with van der Waals surface area (Å²) in [5.74, 6) is -1.02. The lowest BCUT2D eigenvalue weighted by Crippen LogP contribution is -2.49. The predicted octanol–water partition coefficient (Wildman–Crippen LogP) is 4.86. The van der Waals surface area contributed by atoms with Crippen molar-refractivity contribution < 1.29 is 19.4 Å². The van der Waals surface area contributed by atoms with E-state index in [-0.39, 0.29) is 30.0 Å². The molecular formula is C29H29ClN4O5. The number of aromatic nitrogens is 2. The van der Waals surface area contributed by atoms with E-state index in [9.17, 15) is 19.5 Å². The molecule has 1 aliphatic rings. The number of hydrogen-bond donors (Lipinski definition) is 1. The SMILES string of the molecule is CC(C)OC(=O)N1CCN(c2ccc(-n3c(=O)n(Cc4cccc(C(=O)O)c4)c4ccc(Cl)cc43)cc2)CC1. The number of benzene rings is 3. The molecule has 39 heavy (non-hydrogen) atoms. The molecule has 202 valence electrons. The first-order valence-corrected chi connectivity index (χ1v) is 13.1. The number of ether oxygens (including phenoxy) is 1. The first-order chi connectivity index (χ1) is 18.7. The maximum atomic E-state index is 13.7. The van der Waals surface area contributed by atoms with Crippen LogP contribution in [0.25, 0.3) is 16.7 Å². The van der Waals surface area contributed by atoms with E-state index in [4.69, 9.17) is 16.3 Å². The molecule has 2 heterocycles. The van der Waals surface area contributed by atoms with Crippen LogP contribution in [0.4, 0.5) is 10.5 Å². The number of piperazine rings is 1. The number of carbonyl (C=O) groups excluding carboxylic acids is 1. The summed E-state index contributed by atoms with van der Waals surface area (Å²) in [5, 5.41) is 9.86. The lowest BCUT2D eigenvalue weighted by molar-refractivity contribution is 0.0695. The molecule has 1 amide bonds. The smallest absolute Gasteiger partial charge is 0.410 e. The minimum Gasteiger partial charge on any atom is -0.478 e. The number of carbonyl (C=O) groups is 2. The molecule has 0 bridgehead atoms. The number of fused-ring (bicyclic) bond motifs is 1. The van der Waals surface area contributed by atoms with Crippen molar-refractivity contribution >= 4 is 40.4 Å². The van der Waals surface area contributed by atoms with E-state index >= 15 is 0 Å². The van der Waals surface area contributed by atoms with Crippen LogP contribution in [0.2, 0.25) is 5.02 Å². The van der Waals surface area contributed by atoms with Crippen LogP contribution in [0.3, 0.4) is 0 Å². The second-order valence-electron chi connectivity index (χ2n) is 9.77. The van der Waals surface area contributed by atoms with Crippen LogP contribution in [0.15, 0.2) is 71.5 Å². The van der Waals surface area contributed by atoms with Gasteiger partial charge in [-0.1, -0.05) is 23.7 Å². The van der Waals surface area contributed by atoms with Gasteiger partial charge >= 0.3 is 17.8 Å². The first-order valence-electron chi connectivity index (χ1n) is 12.8. The monoisotopic (exact) mass is 548 g/mol. The van der Waals surface area contributed by atoms with Gasteiger partial charge in [-0.2, -0.15) is 0 Å². The summed E-state index contributed by atoms with van der Waals surface area (Å²) in [6, 6.07) is 19.6. The second kappa shape index (κ2) is 10.9. The van der Waals surface area contributed by atoms with Crippen molar-refractivity contribution in [2.45, 2.75) is 26.5 Å². The summed E-state index contributed by atoms with van der Waals surface area (Å²) in [4.78, 5) is 41.2. The predicted molar refractivity (Wildman–Crippen MR) is 150 cm³/mol. The van der Waals surface area contributed by atoms with E-state index in [1.807, 2.05) is 38.1 Å². The van der Waals surface area contributed by atoms with E-state index in [1.54, 1.807) is 50.4 Å². The van der Waals surface area contributed by atoms with E-state index in [0.717, 1.165) is 5.69 Å². The Hall–Kier alpha value is -4.24. The summed E-state index contributed by atoms with van der Waals surface area (Å²) in [6.07, 6.45) is -0.439. The Morgan fingerprint density at radius 3 is 2.28 bits per heavy atom. The van der Waals surface area contributed by atoms with Crippen LogP contribution < -0.4 is 10.6 Å². The number of imidazole rings is 1. The van der Waals surface area contributed by atoms with Gasteiger partial charge in [0.15, 0.2) is 0 Å². The van der Waals surface area contributed by atoms with Crippen molar-refractivity contribution in [3.05, 3.63) is 93.4 Å². The van der Waals surface area contributed by atoms with E-state index in [1.165, 1.54) is 6.07 Å². The number of anilines is 1. The molecule has 5 rings (SSSR count). The highest BCUT2D eigenvalue weighted by Crippen LogP contribution is 2.25. The molecule has 1 saturated heterocycles. The van der Waals surface area contributed by atoms with Gasteiger partial charge in [0.25, 0.3) is 0 Å².